The van der Waals surface area contributed by atoms with E-state index >= 15 is 0 Å². The number of carbonyl (C=O) groups is 1. The number of amides is 1. The van der Waals surface area contributed by atoms with E-state index in [-0.39, 0.29) is 5.91 Å². The highest BCUT2D eigenvalue weighted by atomic mass is 16.2. The topological polar surface area (TPSA) is 49.6 Å². The molecule has 1 saturated heterocycles. The Hall–Kier alpha value is -0.610. The average Bonchev–Trinajstić information content (AvgIpc) is 2.62. The summed E-state index contributed by atoms with van der Waals surface area (Å²) in [5.41, 5.74) is 5.57. The molecule has 0 spiro atoms. The maximum Gasteiger partial charge on any atom is 0.219 e. The number of nitrogens with zero attached hydrogens (tertiary/aromatic N) is 2. The van der Waals surface area contributed by atoms with Crippen LogP contribution in [0.2, 0.25) is 0 Å². The lowest BCUT2D eigenvalue weighted by molar-refractivity contribution is -0.129. The third-order valence-corrected chi connectivity index (χ3v) is 3.17. The van der Waals surface area contributed by atoms with Crippen LogP contribution in [0.15, 0.2) is 0 Å². The fraction of sp³-hybridized carbons (Fsp3) is 0.909. The molecule has 0 radical (unpaired) electrons. The summed E-state index contributed by atoms with van der Waals surface area (Å²) >= 11 is 0. The smallest absolute Gasteiger partial charge is 0.219 e. The first-order valence-corrected chi connectivity index (χ1v) is 5.88. The zero-order valence-corrected chi connectivity index (χ0v) is 9.91. The fourth-order valence-electron chi connectivity index (χ4n) is 2.30. The molecular formula is C11H23N3O. The van der Waals surface area contributed by atoms with E-state index in [1.807, 2.05) is 11.8 Å². The van der Waals surface area contributed by atoms with E-state index in [1.165, 1.54) is 12.8 Å². The van der Waals surface area contributed by atoms with E-state index in [0.29, 0.717) is 12.6 Å². The van der Waals surface area contributed by atoms with Crippen molar-refractivity contribution in [1.82, 2.24) is 9.80 Å². The van der Waals surface area contributed by atoms with Crippen LogP contribution in [0.5, 0.6) is 0 Å². The van der Waals surface area contributed by atoms with Crippen molar-refractivity contribution in [2.75, 3.05) is 32.7 Å². The van der Waals surface area contributed by atoms with Crippen LogP contribution in [-0.2, 0) is 4.79 Å². The third-order valence-electron chi connectivity index (χ3n) is 3.17. The first-order chi connectivity index (χ1) is 7.19. The predicted octanol–water partition coefficient (Wildman–Crippen LogP) is 0.278. The zero-order chi connectivity index (χ0) is 11.3. The molecule has 88 valence electrons. The lowest BCUT2D eigenvalue weighted by Crippen LogP contribution is -2.43. The molecule has 0 aromatic carbocycles. The van der Waals surface area contributed by atoms with E-state index in [4.69, 9.17) is 5.73 Å². The normalized spacial score (nSPS) is 21.9. The molecule has 1 rings (SSSR count). The van der Waals surface area contributed by atoms with E-state index in [2.05, 4.69) is 4.90 Å². The maximum absolute atomic E-state index is 11.3. The van der Waals surface area contributed by atoms with Crippen LogP contribution < -0.4 is 5.73 Å². The van der Waals surface area contributed by atoms with Crippen LogP contribution in [0.3, 0.4) is 0 Å². The Kier molecular flexibility index (Phi) is 5.05. The van der Waals surface area contributed by atoms with Gasteiger partial charge in [-0.2, -0.15) is 0 Å². The molecule has 1 aliphatic heterocycles. The molecule has 1 aliphatic rings. The summed E-state index contributed by atoms with van der Waals surface area (Å²) in [6.45, 7) is 8.16. The number of nitrogens with two attached hydrogens (primary N) is 1. The summed E-state index contributed by atoms with van der Waals surface area (Å²) in [7, 11) is 0. The molecule has 2 N–H and O–H groups in total. The summed E-state index contributed by atoms with van der Waals surface area (Å²) in [6.07, 6.45) is 2.43. The van der Waals surface area contributed by atoms with Gasteiger partial charge >= 0.3 is 0 Å². The van der Waals surface area contributed by atoms with E-state index < -0.39 is 0 Å². The van der Waals surface area contributed by atoms with Crippen molar-refractivity contribution in [3.05, 3.63) is 0 Å². The molecule has 1 amide bonds. The number of likely N-dealkylation sites (N-methyl/N-ethyl adjacent to an activating group) is 1. The third kappa shape index (κ3) is 3.47. The van der Waals surface area contributed by atoms with Crippen LogP contribution in [0.25, 0.3) is 0 Å². The van der Waals surface area contributed by atoms with Gasteiger partial charge in [0.25, 0.3) is 0 Å². The van der Waals surface area contributed by atoms with Crippen LogP contribution >= 0.6 is 0 Å². The quantitative estimate of drug-likeness (QED) is 0.713. The minimum atomic E-state index is 0.178. The van der Waals surface area contributed by atoms with Crippen molar-refractivity contribution in [2.24, 2.45) is 5.73 Å². The lowest BCUT2D eigenvalue weighted by Gasteiger charge is -2.29. The average molecular weight is 213 g/mol. The van der Waals surface area contributed by atoms with Gasteiger partial charge in [-0.1, -0.05) is 0 Å². The van der Waals surface area contributed by atoms with Gasteiger partial charge in [-0.15, -0.1) is 0 Å². The van der Waals surface area contributed by atoms with Crippen molar-refractivity contribution in [2.45, 2.75) is 32.7 Å². The number of hydrogen-bond acceptors (Lipinski definition) is 3. The summed E-state index contributed by atoms with van der Waals surface area (Å²) in [5, 5.41) is 0. The Bertz CT molecular complexity index is 208. The van der Waals surface area contributed by atoms with Crippen LogP contribution in [0, 0.1) is 0 Å². The number of likely N-dealkylation sites (tertiary alicyclic amines) is 1. The molecule has 0 saturated carbocycles. The van der Waals surface area contributed by atoms with E-state index in [0.717, 1.165) is 26.2 Å². The van der Waals surface area contributed by atoms with Gasteiger partial charge in [-0.05, 0) is 26.3 Å². The molecule has 0 aromatic heterocycles. The van der Waals surface area contributed by atoms with Gasteiger partial charge in [0, 0.05) is 39.1 Å². The molecule has 0 bridgehead atoms. The van der Waals surface area contributed by atoms with Gasteiger partial charge in [0.1, 0.15) is 0 Å². The largest absolute Gasteiger partial charge is 0.342 e. The predicted molar refractivity (Wildman–Crippen MR) is 61.6 cm³/mol. The van der Waals surface area contributed by atoms with Crippen molar-refractivity contribution in [1.29, 1.82) is 0 Å². The first kappa shape index (κ1) is 12.5. The van der Waals surface area contributed by atoms with Gasteiger partial charge in [0.05, 0.1) is 0 Å². The van der Waals surface area contributed by atoms with E-state index in [1.54, 1.807) is 6.92 Å². The van der Waals surface area contributed by atoms with Gasteiger partial charge in [-0.3, -0.25) is 9.69 Å². The van der Waals surface area contributed by atoms with Gasteiger partial charge in [0.15, 0.2) is 0 Å². The highest BCUT2D eigenvalue weighted by molar-refractivity contribution is 5.73. The SMILES string of the molecule is CCN(CC1CCCN1CCN)C(C)=O. The Balaban J connectivity index is 2.44. The number of hydrogen-bond donors (Lipinski definition) is 1. The van der Waals surface area contributed by atoms with Gasteiger partial charge in [0.2, 0.25) is 5.91 Å². The summed E-state index contributed by atoms with van der Waals surface area (Å²) in [5.74, 6) is 0.178. The van der Waals surface area contributed by atoms with Crippen LogP contribution in [0.1, 0.15) is 26.7 Å². The first-order valence-electron chi connectivity index (χ1n) is 5.88. The molecule has 1 unspecified atom stereocenters. The molecule has 4 nitrogen and oxygen atoms in total. The highest BCUT2D eigenvalue weighted by Crippen LogP contribution is 2.17. The minimum absolute atomic E-state index is 0.178. The second kappa shape index (κ2) is 6.08. The number of carbonyl (C=O) groups excluding carboxylic acids is 1. The van der Waals surface area contributed by atoms with Gasteiger partial charge < -0.3 is 10.6 Å². The molecule has 0 aromatic rings. The van der Waals surface area contributed by atoms with Crippen molar-refractivity contribution >= 4 is 5.91 Å². The molecular weight excluding hydrogens is 190 g/mol. The van der Waals surface area contributed by atoms with Crippen LogP contribution in [-0.4, -0.2) is 54.5 Å². The van der Waals surface area contributed by atoms with Crippen molar-refractivity contribution in [3.63, 3.8) is 0 Å². The van der Waals surface area contributed by atoms with E-state index in [9.17, 15) is 4.79 Å². The summed E-state index contributed by atoms with van der Waals surface area (Å²) in [6, 6.07) is 0.525. The molecule has 1 fully saturated rings. The van der Waals surface area contributed by atoms with Crippen molar-refractivity contribution in [3.8, 4) is 0 Å². The number of rotatable bonds is 5. The van der Waals surface area contributed by atoms with Crippen LogP contribution in [0.4, 0.5) is 0 Å². The monoisotopic (exact) mass is 213 g/mol. The lowest BCUT2D eigenvalue weighted by atomic mass is 10.2. The Labute approximate surface area is 92.4 Å². The second-order valence-electron chi connectivity index (χ2n) is 4.18. The molecule has 4 heteroatoms. The molecule has 0 aliphatic carbocycles. The fourth-order valence-corrected chi connectivity index (χ4v) is 2.30. The second-order valence-corrected chi connectivity index (χ2v) is 4.18. The minimum Gasteiger partial charge on any atom is -0.342 e. The Morgan fingerprint density at radius 1 is 1.60 bits per heavy atom. The standard InChI is InChI=1S/C11H23N3O/c1-3-13(10(2)15)9-11-5-4-7-14(11)8-6-12/h11H,3-9,12H2,1-2H3. The Morgan fingerprint density at radius 3 is 2.87 bits per heavy atom. The Morgan fingerprint density at radius 2 is 2.33 bits per heavy atom. The summed E-state index contributed by atoms with van der Waals surface area (Å²) < 4.78 is 0. The highest BCUT2D eigenvalue weighted by Gasteiger charge is 2.25. The van der Waals surface area contributed by atoms with Gasteiger partial charge in [-0.25, -0.2) is 0 Å². The summed E-state index contributed by atoms with van der Waals surface area (Å²) in [4.78, 5) is 15.6. The molecule has 15 heavy (non-hydrogen) atoms. The molecule has 1 heterocycles. The molecule has 1 atom stereocenters. The van der Waals surface area contributed by atoms with Crippen molar-refractivity contribution < 1.29 is 4.79 Å². The zero-order valence-electron chi connectivity index (χ0n) is 9.91. The maximum atomic E-state index is 11.3.